The van der Waals surface area contributed by atoms with Crippen LogP contribution >= 0.6 is 0 Å². The Morgan fingerprint density at radius 3 is 2.34 bits per heavy atom. The van der Waals surface area contributed by atoms with Gasteiger partial charge in [0.15, 0.2) is 0 Å². The highest BCUT2D eigenvalue weighted by molar-refractivity contribution is 7.92. The van der Waals surface area contributed by atoms with Crippen molar-refractivity contribution in [3.8, 4) is 0 Å². The lowest BCUT2D eigenvalue weighted by Gasteiger charge is -2.15. The molecule has 0 unspecified atom stereocenters. The zero-order valence-electron chi connectivity index (χ0n) is 21.3. The summed E-state index contributed by atoms with van der Waals surface area (Å²) in [6.45, 7) is 5.69. The molecule has 194 valence electrons. The van der Waals surface area contributed by atoms with E-state index in [1.807, 2.05) is 26.0 Å². The molecular weight excluding hydrogens is 500 g/mol. The van der Waals surface area contributed by atoms with Gasteiger partial charge in [0, 0.05) is 24.5 Å². The predicted molar refractivity (Wildman–Crippen MR) is 148 cm³/mol. The van der Waals surface area contributed by atoms with Gasteiger partial charge in [0.1, 0.15) is 0 Å². The fraction of sp³-hybridized carbons (Fsp3) is 0.138. The monoisotopic (exact) mass is 528 g/mol. The maximum Gasteiger partial charge on any atom is 0.262 e. The molecule has 0 fully saturated rings. The standard InChI is InChI=1S/C29H28N4O4S/c1-19-8-6-12-25(21(19)3)33-38(36,37)27-16-23(14-13-20(27)2)28(34)32-26-11-5-4-10-24(26)29(35)31-18-22-9-7-15-30-17-22/h4-17,33H,18H2,1-3H3,(H,31,35)(H,32,34). The highest BCUT2D eigenvalue weighted by Gasteiger charge is 2.21. The lowest BCUT2D eigenvalue weighted by Crippen LogP contribution is -2.25. The Hall–Kier alpha value is -4.50. The van der Waals surface area contributed by atoms with E-state index in [2.05, 4.69) is 20.3 Å². The first kappa shape index (κ1) is 26.6. The Labute approximate surface area is 222 Å². The van der Waals surface area contributed by atoms with Crippen molar-refractivity contribution in [2.24, 2.45) is 0 Å². The summed E-state index contributed by atoms with van der Waals surface area (Å²) in [6.07, 6.45) is 3.31. The average Bonchev–Trinajstić information content (AvgIpc) is 2.91. The van der Waals surface area contributed by atoms with Crippen LogP contribution in [0.25, 0.3) is 0 Å². The Balaban J connectivity index is 1.54. The third kappa shape index (κ3) is 6.07. The first-order chi connectivity index (χ1) is 18.2. The minimum Gasteiger partial charge on any atom is -0.348 e. The van der Waals surface area contributed by atoms with Gasteiger partial charge in [-0.25, -0.2) is 8.42 Å². The van der Waals surface area contributed by atoms with E-state index in [9.17, 15) is 18.0 Å². The molecule has 0 bridgehead atoms. The Morgan fingerprint density at radius 1 is 0.816 bits per heavy atom. The lowest BCUT2D eigenvalue weighted by molar-refractivity contribution is 0.0951. The maximum absolute atomic E-state index is 13.3. The number of hydrogen-bond donors (Lipinski definition) is 3. The minimum absolute atomic E-state index is 0.00597. The summed E-state index contributed by atoms with van der Waals surface area (Å²) in [4.78, 5) is 30.0. The van der Waals surface area contributed by atoms with Gasteiger partial charge in [0.2, 0.25) is 0 Å². The van der Waals surface area contributed by atoms with Gasteiger partial charge in [-0.2, -0.15) is 0 Å². The van der Waals surface area contributed by atoms with Crippen molar-refractivity contribution in [2.75, 3.05) is 10.0 Å². The summed E-state index contributed by atoms with van der Waals surface area (Å²) in [5.41, 5.74) is 4.31. The van der Waals surface area contributed by atoms with Gasteiger partial charge in [0.05, 0.1) is 21.8 Å². The zero-order chi connectivity index (χ0) is 27.3. The quantitative estimate of drug-likeness (QED) is 0.298. The van der Waals surface area contributed by atoms with E-state index in [1.165, 1.54) is 6.07 Å². The van der Waals surface area contributed by atoms with E-state index in [0.29, 0.717) is 16.9 Å². The van der Waals surface area contributed by atoms with Crippen molar-refractivity contribution < 1.29 is 18.0 Å². The number of hydrogen-bond acceptors (Lipinski definition) is 5. The van der Waals surface area contributed by atoms with Crippen molar-refractivity contribution in [1.29, 1.82) is 0 Å². The predicted octanol–water partition coefficient (Wildman–Crippen LogP) is 4.99. The number of benzene rings is 3. The van der Waals surface area contributed by atoms with Crippen LogP contribution in [0.1, 0.15) is 43.0 Å². The molecular formula is C29H28N4O4S. The molecule has 0 atom stereocenters. The minimum atomic E-state index is -3.97. The summed E-state index contributed by atoms with van der Waals surface area (Å²) in [6, 6.07) is 20.1. The molecule has 1 heterocycles. The number of aryl methyl sites for hydroxylation is 2. The van der Waals surface area contributed by atoms with E-state index in [4.69, 9.17) is 0 Å². The highest BCUT2D eigenvalue weighted by atomic mass is 32.2. The number of aromatic nitrogens is 1. The fourth-order valence-electron chi connectivity index (χ4n) is 3.86. The van der Waals surface area contributed by atoms with Crippen LogP contribution in [0.3, 0.4) is 0 Å². The van der Waals surface area contributed by atoms with E-state index < -0.39 is 15.9 Å². The third-order valence-corrected chi connectivity index (χ3v) is 7.69. The van der Waals surface area contributed by atoms with Crippen LogP contribution in [-0.4, -0.2) is 25.2 Å². The van der Waals surface area contributed by atoms with Gasteiger partial charge in [-0.05, 0) is 79.4 Å². The number of nitrogens with one attached hydrogen (secondary N) is 3. The van der Waals surface area contributed by atoms with E-state index in [0.717, 1.165) is 16.7 Å². The molecule has 9 heteroatoms. The first-order valence-electron chi connectivity index (χ1n) is 11.9. The van der Waals surface area contributed by atoms with Crippen molar-refractivity contribution in [1.82, 2.24) is 10.3 Å². The van der Waals surface area contributed by atoms with Gasteiger partial charge < -0.3 is 10.6 Å². The molecule has 3 N–H and O–H groups in total. The van der Waals surface area contributed by atoms with Crippen LogP contribution in [0, 0.1) is 20.8 Å². The molecule has 0 aliphatic rings. The summed E-state index contributed by atoms with van der Waals surface area (Å²) in [7, 11) is -3.97. The van der Waals surface area contributed by atoms with Crippen LogP contribution in [0.2, 0.25) is 0 Å². The second kappa shape index (κ2) is 11.3. The summed E-state index contributed by atoms with van der Waals surface area (Å²) >= 11 is 0. The lowest BCUT2D eigenvalue weighted by atomic mass is 10.1. The molecule has 4 rings (SSSR count). The molecule has 0 saturated heterocycles. The van der Waals surface area contributed by atoms with Gasteiger partial charge >= 0.3 is 0 Å². The number of amides is 2. The number of nitrogens with zero attached hydrogens (tertiary/aromatic N) is 1. The zero-order valence-corrected chi connectivity index (χ0v) is 22.1. The molecule has 1 aromatic heterocycles. The second-order valence-electron chi connectivity index (χ2n) is 8.88. The SMILES string of the molecule is Cc1ccc(C(=O)Nc2ccccc2C(=O)NCc2cccnc2)cc1S(=O)(=O)Nc1cccc(C)c1C. The number of carbonyl (C=O) groups is 2. The van der Waals surface area contributed by atoms with Gasteiger partial charge in [-0.1, -0.05) is 36.4 Å². The molecule has 0 aliphatic heterocycles. The van der Waals surface area contributed by atoms with E-state index >= 15 is 0 Å². The van der Waals surface area contributed by atoms with Crippen molar-refractivity contribution in [2.45, 2.75) is 32.2 Å². The highest BCUT2D eigenvalue weighted by Crippen LogP contribution is 2.25. The number of sulfonamides is 1. The summed E-state index contributed by atoms with van der Waals surface area (Å²) in [5.74, 6) is -0.907. The summed E-state index contributed by atoms with van der Waals surface area (Å²) < 4.78 is 29.1. The van der Waals surface area contributed by atoms with Crippen LogP contribution in [0.4, 0.5) is 11.4 Å². The maximum atomic E-state index is 13.3. The largest absolute Gasteiger partial charge is 0.348 e. The Kier molecular flexibility index (Phi) is 7.87. The molecule has 4 aromatic rings. The van der Waals surface area contributed by atoms with E-state index in [-0.39, 0.29) is 28.5 Å². The van der Waals surface area contributed by atoms with Gasteiger partial charge in [-0.15, -0.1) is 0 Å². The molecule has 8 nitrogen and oxygen atoms in total. The Bertz CT molecular complexity index is 1600. The van der Waals surface area contributed by atoms with Crippen molar-refractivity contribution in [3.63, 3.8) is 0 Å². The van der Waals surface area contributed by atoms with Crippen LogP contribution in [-0.2, 0) is 16.6 Å². The van der Waals surface area contributed by atoms with Gasteiger partial charge in [0.25, 0.3) is 21.8 Å². The molecule has 3 aromatic carbocycles. The third-order valence-electron chi connectivity index (χ3n) is 6.18. The van der Waals surface area contributed by atoms with Gasteiger partial charge in [-0.3, -0.25) is 19.3 Å². The molecule has 38 heavy (non-hydrogen) atoms. The van der Waals surface area contributed by atoms with Crippen LogP contribution in [0.15, 0.2) is 90.1 Å². The van der Waals surface area contributed by atoms with Crippen molar-refractivity contribution in [3.05, 3.63) is 119 Å². The molecule has 0 aliphatic carbocycles. The van der Waals surface area contributed by atoms with E-state index in [1.54, 1.807) is 73.9 Å². The number of rotatable bonds is 8. The molecule has 0 saturated carbocycles. The first-order valence-corrected chi connectivity index (χ1v) is 13.4. The number of pyridine rings is 1. The second-order valence-corrected chi connectivity index (χ2v) is 10.5. The number of anilines is 2. The molecule has 0 spiro atoms. The van der Waals surface area contributed by atoms with Crippen LogP contribution in [0.5, 0.6) is 0 Å². The number of para-hydroxylation sites is 1. The smallest absolute Gasteiger partial charge is 0.262 e. The topological polar surface area (TPSA) is 117 Å². The van der Waals surface area contributed by atoms with Crippen LogP contribution < -0.4 is 15.4 Å². The molecule has 2 amide bonds. The number of carbonyl (C=O) groups excluding carboxylic acids is 2. The molecule has 0 radical (unpaired) electrons. The average molecular weight is 529 g/mol. The Morgan fingerprint density at radius 2 is 1.58 bits per heavy atom. The normalized spacial score (nSPS) is 11.0. The van der Waals surface area contributed by atoms with Crippen molar-refractivity contribution >= 4 is 33.2 Å². The fourth-order valence-corrected chi connectivity index (χ4v) is 5.25. The summed E-state index contributed by atoms with van der Waals surface area (Å²) in [5, 5.41) is 5.56.